The highest BCUT2D eigenvalue weighted by atomic mass is 16.5. The van der Waals surface area contributed by atoms with Crippen LogP contribution >= 0.6 is 0 Å². The van der Waals surface area contributed by atoms with Gasteiger partial charge >= 0.3 is 5.97 Å². The number of rotatable bonds is 6. The lowest BCUT2D eigenvalue weighted by Gasteiger charge is -2.12. The Morgan fingerprint density at radius 2 is 1.86 bits per heavy atom. The van der Waals surface area contributed by atoms with Crippen LogP contribution in [0.4, 0.5) is 0 Å². The number of hydrogen-bond acceptors (Lipinski definition) is 5. The van der Waals surface area contributed by atoms with Crippen LogP contribution in [-0.2, 0) is 20.9 Å². The molecular weight excluding hydrogens is 358 g/mol. The molecule has 2 aromatic rings. The van der Waals surface area contributed by atoms with E-state index in [0.717, 1.165) is 17.5 Å². The fourth-order valence-corrected chi connectivity index (χ4v) is 2.64. The SMILES string of the molecule is C[C@@H](OC(=O)/C=C/c1ccc2c(c1)OCCCO2)C(=O)NCc1ccccc1. The van der Waals surface area contributed by atoms with E-state index in [1.807, 2.05) is 42.5 Å². The molecule has 0 fully saturated rings. The number of esters is 1. The van der Waals surface area contributed by atoms with Gasteiger partial charge in [0.25, 0.3) is 5.91 Å². The monoisotopic (exact) mass is 381 g/mol. The van der Waals surface area contributed by atoms with Crippen LogP contribution in [0.15, 0.2) is 54.6 Å². The fourth-order valence-electron chi connectivity index (χ4n) is 2.64. The van der Waals surface area contributed by atoms with E-state index in [1.165, 1.54) is 6.08 Å². The van der Waals surface area contributed by atoms with Crippen molar-refractivity contribution in [3.05, 3.63) is 65.7 Å². The maximum Gasteiger partial charge on any atom is 0.331 e. The Morgan fingerprint density at radius 3 is 2.64 bits per heavy atom. The highest BCUT2D eigenvalue weighted by Crippen LogP contribution is 2.30. The molecular formula is C22H23NO5. The summed E-state index contributed by atoms with van der Waals surface area (Å²) in [6.45, 7) is 3.14. The molecule has 0 bridgehead atoms. The van der Waals surface area contributed by atoms with Gasteiger partial charge in [0, 0.05) is 19.0 Å². The maximum absolute atomic E-state index is 12.1. The van der Waals surface area contributed by atoms with Crippen LogP contribution in [0.25, 0.3) is 6.08 Å². The number of nitrogens with one attached hydrogen (secondary N) is 1. The van der Waals surface area contributed by atoms with E-state index in [1.54, 1.807) is 19.1 Å². The van der Waals surface area contributed by atoms with Gasteiger partial charge in [-0.15, -0.1) is 0 Å². The average molecular weight is 381 g/mol. The largest absolute Gasteiger partial charge is 0.490 e. The molecule has 0 aliphatic carbocycles. The Bertz CT molecular complexity index is 847. The van der Waals surface area contributed by atoms with E-state index in [9.17, 15) is 9.59 Å². The zero-order valence-electron chi connectivity index (χ0n) is 15.7. The van der Waals surface area contributed by atoms with Crippen LogP contribution in [0.3, 0.4) is 0 Å². The third-order valence-corrected chi connectivity index (χ3v) is 4.16. The molecule has 0 radical (unpaired) electrons. The van der Waals surface area contributed by atoms with E-state index >= 15 is 0 Å². The predicted molar refractivity (Wildman–Crippen MR) is 105 cm³/mol. The second kappa shape index (κ2) is 9.60. The Hall–Kier alpha value is -3.28. The standard InChI is InChI=1S/C22H23NO5/c1-16(22(25)23-15-18-6-3-2-4-7-18)28-21(24)11-9-17-8-10-19-20(14-17)27-13-5-12-26-19/h2-4,6-11,14,16H,5,12-13,15H2,1H3,(H,23,25)/b11-9+/t16-/m1/s1. The first-order valence-corrected chi connectivity index (χ1v) is 9.22. The first-order valence-electron chi connectivity index (χ1n) is 9.22. The van der Waals surface area contributed by atoms with Gasteiger partial charge in [0.05, 0.1) is 13.2 Å². The number of carbonyl (C=O) groups is 2. The molecule has 1 N–H and O–H groups in total. The summed E-state index contributed by atoms with van der Waals surface area (Å²) in [6, 6.07) is 15.0. The fraction of sp³-hybridized carbons (Fsp3) is 0.273. The normalized spacial score (nSPS) is 14.2. The topological polar surface area (TPSA) is 73.9 Å². The molecule has 1 atom stereocenters. The summed E-state index contributed by atoms with van der Waals surface area (Å²) < 4.78 is 16.4. The lowest BCUT2D eigenvalue weighted by Crippen LogP contribution is -2.35. The summed E-state index contributed by atoms with van der Waals surface area (Å²) in [5, 5.41) is 2.75. The summed E-state index contributed by atoms with van der Waals surface area (Å²) in [5.41, 5.74) is 1.76. The van der Waals surface area contributed by atoms with Gasteiger partial charge in [-0.1, -0.05) is 36.4 Å². The minimum atomic E-state index is -0.885. The highest BCUT2D eigenvalue weighted by molar-refractivity contribution is 5.90. The molecule has 1 aliphatic heterocycles. The van der Waals surface area contributed by atoms with Crippen molar-refractivity contribution < 1.29 is 23.8 Å². The molecule has 0 aromatic heterocycles. The summed E-state index contributed by atoms with van der Waals surface area (Å²) in [5.74, 6) is 0.415. The van der Waals surface area contributed by atoms with Crippen molar-refractivity contribution in [2.75, 3.05) is 13.2 Å². The number of amides is 1. The zero-order chi connectivity index (χ0) is 19.8. The van der Waals surface area contributed by atoms with E-state index in [2.05, 4.69) is 5.32 Å². The highest BCUT2D eigenvalue weighted by Gasteiger charge is 2.16. The van der Waals surface area contributed by atoms with Crippen LogP contribution < -0.4 is 14.8 Å². The number of hydrogen-bond donors (Lipinski definition) is 1. The molecule has 6 heteroatoms. The molecule has 28 heavy (non-hydrogen) atoms. The smallest absolute Gasteiger partial charge is 0.331 e. The molecule has 3 rings (SSSR count). The van der Waals surface area contributed by atoms with Gasteiger partial charge < -0.3 is 19.5 Å². The van der Waals surface area contributed by atoms with Crippen LogP contribution in [-0.4, -0.2) is 31.2 Å². The average Bonchev–Trinajstić information content (AvgIpc) is 2.96. The molecule has 2 aromatic carbocycles. The molecule has 146 valence electrons. The minimum Gasteiger partial charge on any atom is -0.490 e. The van der Waals surface area contributed by atoms with Gasteiger partial charge in [0.1, 0.15) is 0 Å². The number of carbonyl (C=O) groups excluding carboxylic acids is 2. The zero-order valence-corrected chi connectivity index (χ0v) is 15.7. The van der Waals surface area contributed by atoms with Crippen molar-refractivity contribution in [3.63, 3.8) is 0 Å². The lowest BCUT2D eigenvalue weighted by atomic mass is 10.2. The molecule has 6 nitrogen and oxygen atoms in total. The molecule has 0 unspecified atom stereocenters. The van der Waals surface area contributed by atoms with Crippen LogP contribution in [0.5, 0.6) is 11.5 Å². The van der Waals surface area contributed by atoms with Crippen LogP contribution in [0, 0.1) is 0 Å². The summed E-state index contributed by atoms with van der Waals surface area (Å²) in [6.07, 6.45) is 2.85. The first-order chi connectivity index (χ1) is 13.6. The Labute approximate surface area is 164 Å². The van der Waals surface area contributed by atoms with E-state index < -0.39 is 12.1 Å². The van der Waals surface area contributed by atoms with Gasteiger partial charge in [-0.25, -0.2) is 4.79 Å². The Morgan fingerprint density at radius 1 is 1.11 bits per heavy atom. The van der Waals surface area contributed by atoms with Crippen LogP contribution in [0.2, 0.25) is 0 Å². The lowest BCUT2D eigenvalue weighted by molar-refractivity contribution is -0.150. The second-order valence-corrected chi connectivity index (χ2v) is 6.37. The number of benzene rings is 2. The number of fused-ring (bicyclic) bond motifs is 1. The van der Waals surface area contributed by atoms with E-state index in [-0.39, 0.29) is 5.91 Å². The Kier molecular flexibility index (Phi) is 6.68. The van der Waals surface area contributed by atoms with Crippen LogP contribution in [0.1, 0.15) is 24.5 Å². The minimum absolute atomic E-state index is 0.346. The molecule has 1 aliphatic rings. The molecule has 0 saturated heterocycles. The first kappa shape index (κ1) is 19.5. The summed E-state index contributed by atoms with van der Waals surface area (Å²) in [7, 11) is 0. The molecule has 0 spiro atoms. The maximum atomic E-state index is 12.1. The number of ether oxygens (including phenoxy) is 3. The van der Waals surface area contributed by atoms with Gasteiger partial charge in [-0.05, 0) is 36.3 Å². The van der Waals surface area contributed by atoms with Crippen molar-refractivity contribution >= 4 is 18.0 Å². The predicted octanol–water partition coefficient (Wildman–Crippen LogP) is 3.11. The van der Waals surface area contributed by atoms with E-state index in [4.69, 9.17) is 14.2 Å². The van der Waals surface area contributed by atoms with Crippen molar-refractivity contribution in [2.45, 2.75) is 26.0 Å². The van der Waals surface area contributed by atoms with Crippen molar-refractivity contribution in [2.24, 2.45) is 0 Å². The third kappa shape index (κ3) is 5.61. The van der Waals surface area contributed by atoms with Crippen molar-refractivity contribution in [1.82, 2.24) is 5.32 Å². The van der Waals surface area contributed by atoms with Gasteiger partial charge in [-0.3, -0.25) is 4.79 Å². The molecule has 0 saturated carbocycles. The second-order valence-electron chi connectivity index (χ2n) is 6.37. The van der Waals surface area contributed by atoms with Gasteiger partial charge in [-0.2, -0.15) is 0 Å². The van der Waals surface area contributed by atoms with E-state index in [0.29, 0.717) is 31.3 Å². The molecule has 1 heterocycles. The summed E-state index contributed by atoms with van der Waals surface area (Å²) >= 11 is 0. The Balaban J connectivity index is 1.50. The summed E-state index contributed by atoms with van der Waals surface area (Å²) in [4.78, 5) is 24.1. The van der Waals surface area contributed by atoms with Crippen molar-refractivity contribution in [1.29, 1.82) is 0 Å². The van der Waals surface area contributed by atoms with Gasteiger partial charge in [0.15, 0.2) is 17.6 Å². The third-order valence-electron chi connectivity index (χ3n) is 4.16. The van der Waals surface area contributed by atoms with Crippen molar-refractivity contribution in [3.8, 4) is 11.5 Å². The quantitative estimate of drug-likeness (QED) is 0.615. The van der Waals surface area contributed by atoms with Gasteiger partial charge in [0.2, 0.25) is 0 Å². The molecule has 1 amide bonds.